The van der Waals surface area contributed by atoms with Gasteiger partial charge in [-0.25, -0.2) is 4.68 Å². The van der Waals surface area contributed by atoms with Crippen molar-refractivity contribution < 1.29 is 4.74 Å². The number of anilines is 1. The molecule has 1 atom stereocenters. The molecule has 2 rings (SSSR count). The summed E-state index contributed by atoms with van der Waals surface area (Å²) in [6.07, 6.45) is 3.48. The Morgan fingerprint density at radius 1 is 1.33 bits per heavy atom. The highest BCUT2D eigenvalue weighted by atomic mass is 16.5. The summed E-state index contributed by atoms with van der Waals surface area (Å²) < 4.78 is 7.09. The number of ether oxygens (including phenoxy) is 1. The lowest BCUT2D eigenvalue weighted by Gasteiger charge is -2.15. The normalized spacial score (nSPS) is 12.3. The first-order valence-corrected chi connectivity index (χ1v) is 6.10. The van der Waals surface area contributed by atoms with Crippen LogP contribution in [0.5, 0.6) is 0 Å². The van der Waals surface area contributed by atoms with E-state index in [1.807, 2.05) is 37.4 Å². The van der Waals surface area contributed by atoms with E-state index in [1.165, 1.54) is 0 Å². The van der Waals surface area contributed by atoms with Crippen LogP contribution in [0.15, 0.2) is 36.7 Å². The largest absolute Gasteiger partial charge is 0.380 e. The summed E-state index contributed by atoms with van der Waals surface area (Å²) in [7, 11) is 0. The first-order chi connectivity index (χ1) is 8.79. The lowest BCUT2D eigenvalue weighted by Crippen LogP contribution is -2.21. The molecular weight excluding hydrogens is 228 g/mol. The van der Waals surface area contributed by atoms with Crippen molar-refractivity contribution in [2.45, 2.75) is 19.9 Å². The molecule has 0 radical (unpaired) electrons. The van der Waals surface area contributed by atoms with E-state index >= 15 is 0 Å². The number of hydrogen-bond donors (Lipinski definition) is 1. The summed E-state index contributed by atoms with van der Waals surface area (Å²) in [5.41, 5.74) is 2.07. The van der Waals surface area contributed by atoms with Crippen molar-refractivity contribution in [3.63, 3.8) is 0 Å². The highest BCUT2D eigenvalue weighted by molar-refractivity contribution is 5.48. The fourth-order valence-electron chi connectivity index (χ4n) is 1.68. The summed E-state index contributed by atoms with van der Waals surface area (Å²) in [4.78, 5) is 0. The third kappa shape index (κ3) is 3.30. The van der Waals surface area contributed by atoms with Gasteiger partial charge in [0, 0.05) is 18.3 Å². The third-order valence-electron chi connectivity index (χ3n) is 2.54. The average Bonchev–Trinajstić information content (AvgIpc) is 2.91. The number of aromatic nitrogens is 3. The first kappa shape index (κ1) is 12.6. The molecule has 0 aliphatic heterocycles. The summed E-state index contributed by atoms with van der Waals surface area (Å²) in [6.45, 7) is 5.55. The van der Waals surface area contributed by atoms with Crippen LogP contribution in [0.2, 0.25) is 0 Å². The Labute approximate surface area is 107 Å². The molecule has 0 saturated carbocycles. The van der Waals surface area contributed by atoms with Crippen LogP contribution in [0.1, 0.15) is 13.8 Å². The zero-order chi connectivity index (χ0) is 12.8. The molecular formula is C13H18N4O. The Morgan fingerprint density at radius 2 is 2.11 bits per heavy atom. The Balaban J connectivity index is 1.95. The van der Waals surface area contributed by atoms with Gasteiger partial charge in [-0.15, -0.1) is 5.10 Å². The molecule has 5 heteroatoms. The molecule has 0 saturated heterocycles. The quantitative estimate of drug-likeness (QED) is 0.848. The van der Waals surface area contributed by atoms with Crippen LogP contribution in [0.25, 0.3) is 5.69 Å². The van der Waals surface area contributed by atoms with Gasteiger partial charge in [-0.05, 0) is 38.1 Å². The molecule has 0 bridgehead atoms. The van der Waals surface area contributed by atoms with Crippen molar-refractivity contribution in [2.75, 3.05) is 18.5 Å². The second kappa shape index (κ2) is 6.16. The highest BCUT2D eigenvalue weighted by Crippen LogP contribution is 2.13. The minimum absolute atomic E-state index is 0.294. The second-order valence-corrected chi connectivity index (χ2v) is 4.10. The van der Waals surface area contributed by atoms with Crippen molar-refractivity contribution in [2.24, 2.45) is 0 Å². The molecule has 0 spiro atoms. The molecule has 1 heterocycles. The van der Waals surface area contributed by atoms with Gasteiger partial charge < -0.3 is 10.1 Å². The molecule has 96 valence electrons. The lowest BCUT2D eigenvalue weighted by atomic mass is 10.2. The van der Waals surface area contributed by atoms with E-state index in [0.717, 1.165) is 18.0 Å². The molecule has 1 aromatic carbocycles. The van der Waals surface area contributed by atoms with Crippen molar-refractivity contribution in [1.82, 2.24) is 15.0 Å². The van der Waals surface area contributed by atoms with Gasteiger partial charge in [0.2, 0.25) is 0 Å². The fraction of sp³-hybridized carbons (Fsp3) is 0.385. The SMILES string of the molecule is CCOC[C@H](C)Nc1ccc(-n2ccnn2)cc1. The van der Waals surface area contributed by atoms with Crippen LogP contribution < -0.4 is 5.32 Å². The molecule has 0 unspecified atom stereocenters. The van der Waals surface area contributed by atoms with Crippen LogP contribution in [-0.4, -0.2) is 34.2 Å². The van der Waals surface area contributed by atoms with Gasteiger partial charge in [-0.2, -0.15) is 0 Å². The smallest absolute Gasteiger partial charge is 0.0697 e. The van der Waals surface area contributed by atoms with Crippen molar-refractivity contribution in [1.29, 1.82) is 0 Å². The van der Waals surface area contributed by atoms with Crippen molar-refractivity contribution in [3.8, 4) is 5.69 Å². The summed E-state index contributed by atoms with van der Waals surface area (Å²) in [6, 6.07) is 8.36. The summed E-state index contributed by atoms with van der Waals surface area (Å²) in [5.74, 6) is 0. The monoisotopic (exact) mass is 246 g/mol. The maximum Gasteiger partial charge on any atom is 0.0697 e. The maximum atomic E-state index is 5.37. The van der Waals surface area contributed by atoms with Crippen molar-refractivity contribution >= 4 is 5.69 Å². The van der Waals surface area contributed by atoms with Crippen LogP contribution in [-0.2, 0) is 4.74 Å². The molecule has 0 fully saturated rings. The first-order valence-electron chi connectivity index (χ1n) is 6.10. The second-order valence-electron chi connectivity index (χ2n) is 4.10. The number of benzene rings is 1. The Bertz CT molecular complexity index is 452. The number of nitrogens with zero attached hydrogens (tertiary/aromatic N) is 3. The summed E-state index contributed by atoms with van der Waals surface area (Å²) >= 11 is 0. The predicted molar refractivity (Wildman–Crippen MR) is 70.9 cm³/mol. The van der Waals surface area contributed by atoms with E-state index in [9.17, 15) is 0 Å². The van der Waals surface area contributed by atoms with Crippen LogP contribution >= 0.6 is 0 Å². The van der Waals surface area contributed by atoms with Gasteiger partial charge in [-0.3, -0.25) is 0 Å². The van der Waals surface area contributed by atoms with Crippen molar-refractivity contribution in [3.05, 3.63) is 36.7 Å². The zero-order valence-electron chi connectivity index (χ0n) is 10.7. The van der Waals surface area contributed by atoms with E-state index < -0.39 is 0 Å². The maximum absolute atomic E-state index is 5.37. The highest BCUT2D eigenvalue weighted by Gasteiger charge is 2.02. The van der Waals surface area contributed by atoms with Gasteiger partial charge >= 0.3 is 0 Å². The zero-order valence-corrected chi connectivity index (χ0v) is 10.7. The number of rotatable bonds is 6. The molecule has 5 nitrogen and oxygen atoms in total. The third-order valence-corrected chi connectivity index (χ3v) is 2.54. The standard InChI is InChI=1S/C13H18N4O/c1-3-18-10-11(2)15-12-4-6-13(7-5-12)17-9-8-14-16-17/h4-9,11,15H,3,10H2,1-2H3/t11-/m0/s1. The van der Waals surface area contributed by atoms with E-state index in [0.29, 0.717) is 12.6 Å². The molecule has 1 N–H and O–H groups in total. The van der Waals surface area contributed by atoms with Crippen LogP contribution in [0.4, 0.5) is 5.69 Å². The van der Waals surface area contributed by atoms with E-state index in [1.54, 1.807) is 10.9 Å². The van der Waals surface area contributed by atoms with Gasteiger partial charge in [0.15, 0.2) is 0 Å². The predicted octanol–water partition coefficient (Wildman–Crippen LogP) is 2.10. The molecule has 0 aliphatic rings. The van der Waals surface area contributed by atoms with E-state index in [4.69, 9.17) is 4.74 Å². The fourth-order valence-corrected chi connectivity index (χ4v) is 1.68. The Hall–Kier alpha value is -1.88. The molecule has 2 aromatic rings. The topological polar surface area (TPSA) is 52.0 Å². The molecule has 0 amide bonds. The van der Waals surface area contributed by atoms with E-state index in [-0.39, 0.29) is 0 Å². The van der Waals surface area contributed by atoms with E-state index in [2.05, 4.69) is 22.6 Å². The molecule has 0 aliphatic carbocycles. The minimum atomic E-state index is 0.294. The Kier molecular flexibility index (Phi) is 4.30. The van der Waals surface area contributed by atoms with Gasteiger partial charge in [0.1, 0.15) is 0 Å². The number of nitrogens with one attached hydrogen (secondary N) is 1. The van der Waals surface area contributed by atoms with Gasteiger partial charge in [0.25, 0.3) is 0 Å². The van der Waals surface area contributed by atoms with Crippen LogP contribution in [0, 0.1) is 0 Å². The summed E-state index contributed by atoms with van der Waals surface area (Å²) in [5, 5.41) is 11.1. The molecule has 18 heavy (non-hydrogen) atoms. The van der Waals surface area contributed by atoms with Gasteiger partial charge in [0.05, 0.1) is 24.7 Å². The molecule has 1 aromatic heterocycles. The Morgan fingerprint density at radius 3 is 2.72 bits per heavy atom. The van der Waals surface area contributed by atoms with Gasteiger partial charge in [-0.1, -0.05) is 5.21 Å². The lowest BCUT2D eigenvalue weighted by molar-refractivity contribution is 0.141. The minimum Gasteiger partial charge on any atom is -0.380 e. The number of hydrogen-bond acceptors (Lipinski definition) is 4. The van der Waals surface area contributed by atoms with Crippen LogP contribution in [0.3, 0.4) is 0 Å². The average molecular weight is 246 g/mol.